The Bertz CT molecular complexity index is 562. The Hall–Kier alpha value is -2.01. The zero-order chi connectivity index (χ0) is 13.1. The lowest BCUT2D eigenvalue weighted by Gasteiger charge is -2.11. The maximum Gasteiger partial charge on any atom is 0.242 e. The molecule has 5 heteroatoms. The largest absolute Gasteiger partial charge is 0.497 e. The van der Waals surface area contributed by atoms with Crippen molar-refractivity contribution in [3.8, 4) is 5.75 Å². The van der Waals surface area contributed by atoms with Gasteiger partial charge in [-0.1, -0.05) is 0 Å². The number of nitrogens with zero attached hydrogens (tertiary/aromatic N) is 1. The van der Waals surface area contributed by atoms with Crippen molar-refractivity contribution in [1.29, 1.82) is 0 Å². The minimum absolute atomic E-state index is 0.277. The number of H-pyrrole nitrogens is 1. The minimum Gasteiger partial charge on any atom is -0.497 e. The average Bonchev–Trinajstić information content (AvgIpc) is 2.77. The summed E-state index contributed by atoms with van der Waals surface area (Å²) in [5.41, 5.74) is 2.06. The molecule has 1 aromatic heterocycles. The van der Waals surface area contributed by atoms with Crippen molar-refractivity contribution >= 4 is 16.8 Å². The summed E-state index contributed by atoms with van der Waals surface area (Å²) < 4.78 is 5.18. The number of rotatable bonds is 4. The number of aromatic amines is 1. The van der Waals surface area contributed by atoms with Crippen LogP contribution in [0, 0.1) is 0 Å². The number of carbonyl (C=O) groups is 1. The number of nitrogens with one attached hydrogen (secondary N) is 1. The molecular weight excluding hydrogens is 232 g/mol. The summed E-state index contributed by atoms with van der Waals surface area (Å²) in [6, 6.07) is 5.77. The highest BCUT2D eigenvalue weighted by Crippen LogP contribution is 2.23. The van der Waals surface area contributed by atoms with E-state index >= 15 is 0 Å². The van der Waals surface area contributed by atoms with Crippen molar-refractivity contribution in [2.45, 2.75) is 13.3 Å². The average molecular weight is 248 g/mol. The van der Waals surface area contributed by atoms with Gasteiger partial charge in [0.25, 0.3) is 0 Å². The van der Waals surface area contributed by atoms with E-state index in [4.69, 9.17) is 4.74 Å². The number of hydrogen-bond acceptors (Lipinski definition) is 3. The maximum atomic E-state index is 10.9. The first-order valence-corrected chi connectivity index (χ1v) is 5.73. The lowest BCUT2D eigenvalue weighted by atomic mass is 10.1. The monoisotopic (exact) mass is 248 g/mol. The highest BCUT2D eigenvalue weighted by Gasteiger charge is 2.08. The van der Waals surface area contributed by atoms with Gasteiger partial charge in [0.2, 0.25) is 5.91 Å². The smallest absolute Gasteiger partial charge is 0.242 e. The molecule has 0 aliphatic rings. The van der Waals surface area contributed by atoms with Gasteiger partial charge in [0.05, 0.1) is 13.7 Å². The third kappa shape index (κ3) is 2.46. The quantitative estimate of drug-likeness (QED) is 0.642. The van der Waals surface area contributed by atoms with Crippen molar-refractivity contribution in [3.63, 3.8) is 0 Å². The van der Waals surface area contributed by atoms with E-state index in [0.29, 0.717) is 6.42 Å². The third-order valence-corrected chi connectivity index (χ3v) is 2.93. The standard InChI is InChI=1S/C13H16N2O3/c1-9(16)15(17)6-5-10-8-14-13-4-3-11(18-2)7-12(10)13/h3-4,7-8,14,17H,5-6H2,1-2H3. The van der Waals surface area contributed by atoms with Crippen LogP contribution in [0.1, 0.15) is 12.5 Å². The predicted molar refractivity (Wildman–Crippen MR) is 67.7 cm³/mol. The van der Waals surface area contributed by atoms with E-state index in [1.807, 2.05) is 24.4 Å². The molecule has 0 bridgehead atoms. The lowest BCUT2D eigenvalue weighted by Crippen LogP contribution is -2.26. The van der Waals surface area contributed by atoms with E-state index in [0.717, 1.165) is 27.3 Å². The summed E-state index contributed by atoms with van der Waals surface area (Å²) >= 11 is 0. The first kappa shape index (κ1) is 12.4. The van der Waals surface area contributed by atoms with Gasteiger partial charge >= 0.3 is 0 Å². The van der Waals surface area contributed by atoms with Crippen molar-refractivity contribution in [3.05, 3.63) is 30.0 Å². The molecule has 0 fully saturated rings. The number of hydroxylamine groups is 2. The van der Waals surface area contributed by atoms with Crippen LogP contribution in [-0.4, -0.2) is 34.8 Å². The summed E-state index contributed by atoms with van der Waals surface area (Å²) in [5, 5.41) is 11.1. The molecule has 0 saturated carbocycles. The summed E-state index contributed by atoms with van der Waals surface area (Å²) in [4.78, 5) is 14.1. The highest BCUT2D eigenvalue weighted by atomic mass is 16.5. The van der Waals surface area contributed by atoms with Crippen molar-refractivity contribution in [2.24, 2.45) is 0 Å². The molecule has 0 spiro atoms. The van der Waals surface area contributed by atoms with Gasteiger partial charge in [-0.05, 0) is 30.2 Å². The molecule has 1 heterocycles. The maximum absolute atomic E-state index is 10.9. The topological polar surface area (TPSA) is 65.6 Å². The number of fused-ring (bicyclic) bond motifs is 1. The van der Waals surface area contributed by atoms with Crippen LogP contribution in [0.4, 0.5) is 0 Å². The molecule has 0 radical (unpaired) electrons. The van der Waals surface area contributed by atoms with Crippen LogP contribution in [-0.2, 0) is 11.2 Å². The van der Waals surface area contributed by atoms with Crippen LogP contribution in [0.15, 0.2) is 24.4 Å². The fourth-order valence-electron chi connectivity index (χ4n) is 1.88. The van der Waals surface area contributed by atoms with Gasteiger partial charge in [-0.15, -0.1) is 0 Å². The first-order valence-electron chi connectivity index (χ1n) is 5.73. The molecule has 2 N–H and O–H groups in total. The van der Waals surface area contributed by atoms with Crippen molar-refractivity contribution < 1.29 is 14.7 Å². The Kier molecular flexibility index (Phi) is 3.53. The molecule has 0 atom stereocenters. The Balaban J connectivity index is 2.20. The molecule has 1 amide bonds. The number of benzene rings is 1. The second kappa shape index (κ2) is 5.10. The van der Waals surface area contributed by atoms with Crippen LogP contribution < -0.4 is 4.74 Å². The van der Waals surface area contributed by atoms with E-state index in [9.17, 15) is 10.0 Å². The summed E-state index contributed by atoms with van der Waals surface area (Å²) in [5.74, 6) is 0.434. The van der Waals surface area contributed by atoms with Gasteiger partial charge in [-0.2, -0.15) is 0 Å². The van der Waals surface area contributed by atoms with Crippen LogP contribution in [0.5, 0.6) is 5.75 Å². The van der Waals surface area contributed by atoms with Crippen molar-refractivity contribution in [2.75, 3.05) is 13.7 Å². The molecule has 96 valence electrons. The molecular formula is C13H16N2O3. The van der Waals surface area contributed by atoms with Crippen LogP contribution >= 0.6 is 0 Å². The van der Waals surface area contributed by atoms with Crippen LogP contribution in [0.25, 0.3) is 10.9 Å². The molecule has 5 nitrogen and oxygen atoms in total. The van der Waals surface area contributed by atoms with Crippen molar-refractivity contribution in [1.82, 2.24) is 10.0 Å². The highest BCUT2D eigenvalue weighted by molar-refractivity contribution is 5.84. The predicted octanol–water partition coefficient (Wildman–Crippen LogP) is 1.96. The van der Waals surface area contributed by atoms with E-state index < -0.39 is 0 Å². The normalized spacial score (nSPS) is 10.6. The van der Waals surface area contributed by atoms with Gasteiger partial charge in [0, 0.05) is 24.0 Å². The Morgan fingerprint density at radius 3 is 2.94 bits per heavy atom. The van der Waals surface area contributed by atoms with Gasteiger partial charge in [0.15, 0.2) is 0 Å². The Labute approximate surface area is 105 Å². The zero-order valence-corrected chi connectivity index (χ0v) is 10.4. The molecule has 0 unspecified atom stereocenters. The number of aromatic nitrogens is 1. The SMILES string of the molecule is COc1ccc2[nH]cc(CCN(O)C(C)=O)c2c1. The third-order valence-electron chi connectivity index (χ3n) is 2.93. The first-order chi connectivity index (χ1) is 8.61. The second-order valence-corrected chi connectivity index (χ2v) is 4.12. The lowest BCUT2D eigenvalue weighted by molar-refractivity contribution is -0.162. The summed E-state index contributed by atoms with van der Waals surface area (Å²) in [7, 11) is 1.62. The number of hydrogen-bond donors (Lipinski definition) is 2. The van der Waals surface area contributed by atoms with Gasteiger partial charge in [0.1, 0.15) is 5.75 Å². The zero-order valence-electron chi connectivity index (χ0n) is 10.4. The van der Waals surface area contributed by atoms with Crippen LogP contribution in [0.2, 0.25) is 0 Å². The molecule has 0 aliphatic heterocycles. The molecule has 0 aliphatic carbocycles. The van der Waals surface area contributed by atoms with Gasteiger partial charge < -0.3 is 9.72 Å². The van der Waals surface area contributed by atoms with Crippen LogP contribution in [0.3, 0.4) is 0 Å². The van der Waals surface area contributed by atoms with E-state index in [1.54, 1.807) is 7.11 Å². The van der Waals surface area contributed by atoms with E-state index in [1.165, 1.54) is 6.92 Å². The minimum atomic E-state index is -0.354. The molecule has 2 aromatic rings. The molecule has 2 rings (SSSR count). The molecule has 0 saturated heterocycles. The second-order valence-electron chi connectivity index (χ2n) is 4.12. The molecule has 18 heavy (non-hydrogen) atoms. The van der Waals surface area contributed by atoms with E-state index in [2.05, 4.69) is 4.98 Å². The summed E-state index contributed by atoms with van der Waals surface area (Å²) in [6.07, 6.45) is 2.47. The Morgan fingerprint density at radius 2 is 2.28 bits per heavy atom. The fourth-order valence-corrected chi connectivity index (χ4v) is 1.88. The Morgan fingerprint density at radius 1 is 1.50 bits per heavy atom. The fraction of sp³-hybridized carbons (Fsp3) is 0.308. The molecule has 1 aromatic carbocycles. The number of carbonyl (C=O) groups excluding carboxylic acids is 1. The van der Waals surface area contributed by atoms with Gasteiger partial charge in [-0.3, -0.25) is 10.0 Å². The number of methoxy groups -OCH3 is 1. The van der Waals surface area contributed by atoms with E-state index in [-0.39, 0.29) is 12.5 Å². The number of amides is 1. The van der Waals surface area contributed by atoms with Gasteiger partial charge in [-0.25, -0.2) is 5.06 Å². The summed E-state index contributed by atoms with van der Waals surface area (Å²) in [6.45, 7) is 1.61. The number of ether oxygens (including phenoxy) is 1.